The molecule has 0 spiro atoms. The summed E-state index contributed by atoms with van der Waals surface area (Å²) in [6.07, 6.45) is 4.14. The summed E-state index contributed by atoms with van der Waals surface area (Å²) in [5.41, 5.74) is 4.11. The van der Waals surface area contributed by atoms with Crippen molar-refractivity contribution in [2.24, 2.45) is 0 Å². The van der Waals surface area contributed by atoms with Gasteiger partial charge < -0.3 is 29.5 Å². The number of rotatable bonds is 8. The zero-order valence-corrected chi connectivity index (χ0v) is 25.8. The van der Waals surface area contributed by atoms with Crippen molar-refractivity contribution in [3.8, 4) is 23.1 Å². The molecule has 1 atom stereocenters. The van der Waals surface area contributed by atoms with Crippen LogP contribution in [0.5, 0.6) is 0 Å². The maximum Gasteiger partial charge on any atom is 0.298 e. The van der Waals surface area contributed by atoms with E-state index in [1.165, 1.54) is 0 Å². The van der Waals surface area contributed by atoms with Gasteiger partial charge in [-0.2, -0.15) is 0 Å². The van der Waals surface area contributed by atoms with Crippen LogP contribution in [0.3, 0.4) is 0 Å². The number of H-pyrrole nitrogens is 1. The van der Waals surface area contributed by atoms with Crippen molar-refractivity contribution >= 4 is 28.7 Å². The number of amides is 1. The fourth-order valence-electron chi connectivity index (χ4n) is 5.71. The molecular formula is C33H39N9O3. The third-order valence-electron chi connectivity index (χ3n) is 8.43. The summed E-state index contributed by atoms with van der Waals surface area (Å²) in [5.74, 6) is 7.22. The Bertz CT molecular complexity index is 1640. The molecule has 1 unspecified atom stereocenters. The number of carbonyl (C=O) groups excluding carboxylic acids is 1. The molecule has 12 heteroatoms. The van der Waals surface area contributed by atoms with Crippen molar-refractivity contribution in [1.29, 1.82) is 0 Å². The van der Waals surface area contributed by atoms with Crippen molar-refractivity contribution < 1.29 is 14.6 Å². The van der Waals surface area contributed by atoms with Gasteiger partial charge in [0.25, 0.3) is 5.91 Å². The Morgan fingerprint density at radius 2 is 1.67 bits per heavy atom. The van der Waals surface area contributed by atoms with Gasteiger partial charge in [0.1, 0.15) is 23.9 Å². The molecule has 4 aromatic rings. The molecule has 2 fully saturated rings. The first-order valence-corrected chi connectivity index (χ1v) is 15.6. The van der Waals surface area contributed by atoms with Gasteiger partial charge in [-0.05, 0) is 37.0 Å². The van der Waals surface area contributed by atoms with E-state index in [9.17, 15) is 9.90 Å². The van der Waals surface area contributed by atoms with Gasteiger partial charge in [-0.1, -0.05) is 30.2 Å². The second-order valence-electron chi connectivity index (χ2n) is 11.1. The molecule has 45 heavy (non-hydrogen) atoms. The van der Waals surface area contributed by atoms with Gasteiger partial charge in [0, 0.05) is 76.0 Å². The Labute approximate surface area is 263 Å². The summed E-state index contributed by atoms with van der Waals surface area (Å²) < 4.78 is 5.50. The number of anilines is 2. The number of aromatic nitrogens is 5. The predicted molar refractivity (Wildman–Crippen MR) is 173 cm³/mol. The molecule has 2 saturated heterocycles. The summed E-state index contributed by atoms with van der Waals surface area (Å²) in [6, 6.07) is 9.91. The molecular weight excluding hydrogens is 570 g/mol. The van der Waals surface area contributed by atoms with Crippen LogP contribution in [0.1, 0.15) is 31.1 Å². The minimum absolute atomic E-state index is 0.118. The van der Waals surface area contributed by atoms with Crippen molar-refractivity contribution in [3.05, 3.63) is 60.2 Å². The number of nitrogens with zero attached hydrogens (tertiary/aromatic N) is 8. The molecule has 2 aliphatic heterocycles. The lowest BCUT2D eigenvalue weighted by Crippen LogP contribution is -2.47. The van der Waals surface area contributed by atoms with E-state index in [1.807, 2.05) is 38.1 Å². The van der Waals surface area contributed by atoms with Crippen LogP contribution in [0.25, 0.3) is 22.3 Å². The van der Waals surface area contributed by atoms with Gasteiger partial charge in [-0.3, -0.25) is 9.69 Å². The van der Waals surface area contributed by atoms with E-state index in [1.54, 1.807) is 23.6 Å². The van der Waals surface area contributed by atoms with Gasteiger partial charge in [0.2, 0.25) is 5.95 Å². The fraction of sp³-hybridized carbons (Fsp3) is 0.424. The van der Waals surface area contributed by atoms with Crippen LogP contribution in [0.4, 0.5) is 11.8 Å². The lowest BCUT2D eigenvalue weighted by atomic mass is 10.0. The van der Waals surface area contributed by atoms with Crippen LogP contribution in [0, 0.1) is 11.8 Å². The normalized spacial score (nSPS) is 16.3. The zero-order chi connectivity index (χ0) is 31.2. The smallest absolute Gasteiger partial charge is 0.298 e. The number of aromatic amines is 1. The summed E-state index contributed by atoms with van der Waals surface area (Å²) in [6.45, 7) is 12.0. The van der Waals surface area contributed by atoms with Crippen LogP contribution in [-0.4, -0.2) is 118 Å². The van der Waals surface area contributed by atoms with Crippen LogP contribution in [0.2, 0.25) is 0 Å². The van der Waals surface area contributed by atoms with Crippen molar-refractivity contribution in [2.45, 2.75) is 20.0 Å². The Morgan fingerprint density at radius 1 is 0.956 bits per heavy atom. The maximum absolute atomic E-state index is 12.1. The summed E-state index contributed by atoms with van der Waals surface area (Å²) in [5, 5.41) is 12.1. The number of nitrogens with one attached hydrogen (secondary N) is 1. The molecule has 0 saturated carbocycles. The van der Waals surface area contributed by atoms with E-state index >= 15 is 0 Å². The third kappa shape index (κ3) is 6.91. The Morgan fingerprint density at radius 3 is 2.36 bits per heavy atom. The van der Waals surface area contributed by atoms with Crippen LogP contribution >= 0.6 is 0 Å². The van der Waals surface area contributed by atoms with E-state index in [4.69, 9.17) is 4.74 Å². The number of hydrogen-bond acceptors (Lipinski definition) is 10. The largest absolute Gasteiger partial charge is 0.384 e. The molecule has 0 aliphatic carbocycles. The molecule has 5 heterocycles. The first kappa shape index (κ1) is 30.5. The zero-order valence-electron chi connectivity index (χ0n) is 25.8. The molecule has 2 aliphatic rings. The molecule has 12 nitrogen and oxygen atoms in total. The minimum Gasteiger partial charge on any atom is -0.384 e. The highest BCUT2D eigenvalue weighted by Crippen LogP contribution is 2.30. The van der Waals surface area contributed by atoms with Crippen molar-refractivity contribution in [1.82, 2.24) is 34.7 Å². The van der Waals surface area contributed by atoms with Crippen LogP contribution in [0.15, 0.2) is 49.1 Å². The quantitative estimate of drug-likeness (QED) is 0.288. The molecule has 0 bridgehead atoms. The average molecular weight is 610 g/mol. The molecule has 0 radical (unpaired) electrons. The van der Waals surface area contributed by atoms with Crippen molar-refractivity contribution in [2.75, 3.05) is 81.9 Å². The van der Waals surface area contributed by atoms with E-state index in [-0.39, 0.29) is 5.91 Å². The monoisotopic (exact) mass is 609 g/mol. The third-order valence-corrected chi connectivity index (χ3v) is 8.43. The molecule has 3 aromatic heterocycles. The number of fused-ring (bicyclic) bond motifs is 1. The second-order valence-corrected chi connectivity index (χ2v) is 11.1. The highest BCUT2D eigenvalue weighted by molar-refractivity contribution is 5.93. The van der Waals surface area contributed by atoms with E-state index in [0.717, 1.165) is 72.9 Å². The van der Waals surface area contributed by atoms with Gasteiger partial charge >= 0.3 is 0 Å². The highest BCUT2D eigenvalue weighted by Gasteiger charge is 2.21. The first-order valence-electron chi connectivity index (χ1n) is 15.6. The topological polar surface area (TPSA) is 127 Å². The Balaban J connectivity index is 1.05. The maximum atomic E-state index is 12.1. The van der Waals surface area contributed by atoms with Gasteiger partial charge in [-0.15, -0.1) is 0 Å². The number of morpholine rings is 1. The summed E-state index contributed by atoms with van der Waals surface area (Å²) >= 11 is 0. The molecule has 6 rings (SSSR count). The number of benzene rings is 1. The second kappa shape index (κ2) is 14.0. The van der Waals surface area contributed by atoms with Gasteiger partial charge in [-0.25, -0.2) is 19.9 Å². The standard InChI is InChI=1S/C33H39N9O3/c1-3-40(4-2)29(43)6-5-11-39-12-14-42(15-13-39)33-34-21-26(22-35-33)30(44)25-9-7-24(8-10-25)28-20-27-31(38-28)36-23-37-32(27)41-16-18-45-19-17-41/h7-10,20-23,30,44H,3-4,11-19H2,1-2H3,(H,36,37,38). The minimum atomic E-state index is -0.843. The Kier molecular flexibility index (Phi) is 9.49. The highest BCUT2D eigenvalue weighted by atomic mass is 16.5. The van der Waals surface area contributed by atoms with Gasteiger partial charge in [0.15, 0.2) is 0 Å². The predicted octanol–water partition coefficient (Wildman–Crippen LogP) is 2.33. The SMILES string of the molecule is CCN(CC)C(=O)C#CCN1CCN(c2ncc(C(O)c3ccc(-c4cc5c(N6CCOCC6)ncnc5[nH]4)cc3)cn2)CC1. The Hall–Kier alpha value is -4.57. The number of aliphatic hydroxyl groups is 1. The number of piperazine rings is 1. The average Bonchev–Trinajstić information content (AvgIpc) is 3.54. The van der Waals surface area contributed by atoms with Crippen molar-refractivity contribution in [3.63, 3.8) is 0 Å². The van der Waals surface area contributed by atoms with Crippen LogP contribution < -0.4 is 9.80 Å². The lowest BCUT2D eigenvalue weighted by Gasteiger charge is -2.33. The number of hydrogen-bond donors (Lipinski definition) is 2. The van der Waals surface area contributed by atoms with E-state index in [2.05, 4.69) is 57.5 Å². The number of ether oxygens (including phenoxy) is 1. The first-order chi connectivity index (χ1) is 22.0. The molecule has 1 amide bonds. The molecule has 1 aromatic carbocycles. The van der Waals surface area contributed by atoms with Gasteiger partial charge in [0.05, 0.1) is 25.1 Å². The summed E-state index contributed by atoms with van der Waals surface area (Å²) in [7, 11) is 0. The lowest BCUT2D eigenvalue weighted by molar-refractivity contribution is -0.124. The fourth-order valence-corrected chi connectivity index (χ4v) is 5.71. The van der Waals surface area contributed by atoms with E-state index in [0.29, 0.717) is 44.4 Å². The number of carbonyl (C=O) groups is 1. The summed E-state index contributed by atoms with van der Waals surface area (Å²) in [4.78, 5) is 41.9. The molecule has 234 valence electrons. The molecule has 2 N–H and O–H groups in total. The van der Waals surface area contributed by atoms with E-state index < -0.39 is 6.10 Å². The van der Waals surface area contributed by atoms with Crippen LogP contribution in [-0.2, 0) is 9.53 Å². The number of aliphatic hydroxyl groups excluding tert-OH is 1.